The number of carbonyl (C=O) groups excluding carboxylic acids is 2. The highest BCUT2D eigenvalue weighted by Crippen LogP contribution is 2.21. The van der Waals surface area contributed by atoms with Gasteiger partial charge in [-0.05, 0) is 42.0 Å². The second-order valence-corrected chi connectivity index (χ2v) is 8.93. The zero-order chi connectivity index (χ0) is 22.4. The van der Waals surface area contributed by atoms with Crippen molar-refractivity contribution in [2.75, 3.05) is 11.9 Å². The summed E-state index contributed by atoms with van der Waals surface area (Å²) in [6, 6.07) is 18.9. The third kappa shape index (κ3) is 6.04. The number of rotatable bonds is 8. The Labute approximate surface area is 185 Å². The van der Waals surface area contributed by atoms with Crippen LogP contribution in [-0.4, -0.2) is 32.9 Å². The van der Waals surface area contributed by atoms with Gasteiger partial charge in [0.2, 0.25) is 10.0 Å². The normalized spacial score (nSPS) is 12.3. The smallest absolute Gasteiger partial charge is 0.307 e. The van der Waals surface area contributed by atoms with Crippen LogP contribution < -0.4 is 10.0 Å². The van der Waals surface area contributed by atoms with Crippen molar-refractivity contribution >= 4 is 50.0 Å². The number of hydrogen-bond donors (Lipinski definition) is 2. The zero-order valence-corrected chi connectivity index (χ0v) is 18.2. The summed E-state index contributed by atoms with van der Waals surface area (Å²) in [7, 11) is -3.79. The lowest BCUT2D eigenvalue weighted by Gasteiger charge is -2.14. The van der Waals surface area contributed by atoms with Gasteiger partial charge in [-0.1, -0.05) is 54.1 Å². The van der Waals surface area contributed by atoms with Gasteiger partial charge >= 0.3 is 5.97 Å². The Kier molecular flexibility index (Phi) is 7.27. The van der Waals surface area contributed by atoms with E-state index in [0.29, 0.717) is 10.7 Å². The van der Waals surface area contributed by atoms with Crippen LogP contribution in [0.4, 0.5) is 5.69 Å². The maximum absolute atomic E-state index is 12.5. The van der Waals surface area contributed by atoms with E-state index >= 15 is 0 Å². The largest absolute Gasteiger partial charge is 0.452 e. The Morgan fingerprint density at radius 2 is 1.68 bits per heavy atom. The van der Waals surface area contributed by atoms with Gasteiger partial charge in [-0.25, -0.2) is 13.1 Å². The molecule has 0 saturated heterocycles. The minimum atomic E-state index is -3.79. The molecule has 0 heterocycles. The molecule has 0 radical (unpaired) electrons. The van der Waals surface area contributed by atoms with Gasteiger partial charge in [0, 0.05) is 6.54 Å². The Hall–Kier alpha value is -2.94. The van der Waals surface area contributed by atoms with Gasteiger partial charge in [-0.3, -0.25) is 9.59 Å². The summed E-state index contributed by atoms with van der Waals surface area (Å²) in [6.45, 7) is 1.26. The van der Waals surface area contributed by atoms with Crippen LogP contribution in [0.2, 0.25) is 5.02 Å². The summed E-state index contributed by atoms with van der Waals surface area (Å²) >= 11 is 5.99. The molecule has 1 amide bonds. The zero-order valence-electron chi connectivity index (χ0n) is 16.7. The first-order valence-electron chi connectivity index (χ1n) is 9.49. The first-order valence-corrected chi connectivity index (χ1v) is 11.4. The van der Waals surface area contributed by atoms with Crippen molar-refractivity contribution in [1.29, 1.82) is 0 Å². The van der Waals surface area contributed by atoms with Gasteiger partial charge < -0.3 is 10.1 Å². The van der Waals surface area contributed by atoms with Crippen LogP contribution >= 0.6 is 11.6 Å². The van der Waals surface area contributed by atoms with E-state index in [1.54, 1.807) is 36.4 Å². The van der Waals surface area contributed by atoms with Gasteiger partial charge in [-0.2, -0.15) is 0 Å². The molecule has 0 aliphatic rings. The number of carbonyl (C=O) groups is 2. The number of anilines is 1. The van der Waals surface area contributed by atoms with Crippen molar-refractivity contribution < 1.29 is 22.7 Å². The maximum Gasteiger partial charge on any atom is 0.307 e. The number of esters is 1. The van der Waals surface area contributed by atoms with Crippen molar-refractivity contribution in [3.05, 3.63) is 71.8 Å². The first kappa shape index (κ1) is 22.7. The molecule has 0 bridgehead atoms. The van der Waals surface area contributed by atoms with Crippen molar-refractivity contribution in [2.45, 2.75) is 24.3 Å². The molecule has 7 nitrogen and oxygen atoms in total. The third-order valence-electron chi connectivity index (χ3n) is 4.46. The predicted molar refractivity (Wildman–Crippen MR) is 119 cm³/mol. The molecule has 3 rings (SSSR count). The van der Waals surface area contributed by atoms with E-state index in [4.69, 9.17) is 16.3 Å². The topological polar surface area (TPSA) is 102 Å². The number of hydrogen-bond acceptors (Lipinski definition) is 5. The molecule has 1 atom stereocenters. The molecule has 1 unspecified atom stereocenters. The summed E-state index contributed by atoms with van der Waals surface area (Å²) in [5.41, 5.74) is 0.403. The Morgan fingerprint density at radius 1 is 1.00 bits per heavy atom. The maximum atomic E-state index is 12.5. The molecular formula is C22H21ClN2O5S. The summed E-state index contributed by atoms with van der Waals surface area (Å²) in [5.74, 6) is -1.25. The predicted octanol–water partition coefficient (Wildman–Crippen LogP) is 3.73. The van der Waals surface area contributed by atoms with E-state index in [1.165, 1.54) is 13.0 Å². The van der Waals surface area contributed by atoms with E-state index in [0.717, 1.165) is 10.8 Å². The molecule has 0 saturated carbocycles. The number of halogens is 1. The minimum Gasteiger partial charge on any atom is -0.452 e. The highest BCUT2D eigenvalue weighted by molar-refractivity contribution is 7.89. The summed E-state index contributed by atoms with van der Waals surface area (Å²) in [5, 5.41) is 4.65. The number of benzene rings is 3. The van der Waals surface area contributed by atoms with Gasteiger partial charge in [0.1, 0.15) is 0 Å². The second kappa shape index (κ2) is 9.91. The fraction of sp³-hybridized carbons (Fsp3) is 0.182. The molecular weight excluding hydrogens is 440 g/mol. The van der Waals surface area contributed by atoms with Gasteiger partial charge in [0.15, 0.2) is 6.10 Å². The molecule has 0 spiro atoms. The Balaban J connectivity index is 1.50. The molecule has 0 aliphatic heterocycles. The number of nitrogens with one attached hydrogen (secondary N) is 2. The molecule has 9 heteroatoms. The van der Waals surface area contributed by atoms with Crippen molar-refractivity contribution in [2.24, 2.45) is 0 Å². The molecule has 3 aromatic carbocycles. The van der Waals surface area contributed by atoms with Crippen LogP contribution in [-0.2, 0) is 24.3 Å². The number of sulfonamides is 1. The van der Waals surface area contributed by atoms with Crippen LogP contribution in [0, 0.1) is 0 Å². The fourth-order valence-corrected chi connectivity index (χ4v) is 4.06. The molecule has 0 aromatic heterocycles. The van der Waals surface area contributed by atoms with E-state index in [1.807, 2.05) is 24.3 Å². The molecule has 162 valence electrons. The minimum absolute atomic E-state index is 0.104. The summed E-state index contributed by atoms with van der Waals surface area (Å²) in [6.07, 6.45) is -1.29. The molecule has 0 fully saturated rings. The Bertz CT molecular complexity index is 1210. The lowest BCUT2D eigenvalue weighted by Crippen LogP contribution is -2.32. The van der Waals surface area contributed by atoms with Crippen molar-refractivity contribution in [3.8, 4) is 0 Å². The van der Waals surface area contributed by atoms with Crippen LogP contribution in [0.1, 0.15) is 13.3 Å². The monoisotopic (exact) mass is 460 g/mol. The van der Waals surface area contributed by atoms with E-state index in [9.17, 15) is 18.0 Å². The third-order valence-corrected chi connectivity index (χ3v) is 6.25. The molecule has 0 aliphatic carbocycles. The van der Waals surface area contributed by atoms with Gasteiger partial charge in [0.05, 0.1) is 22.0 Å². The number of ether oxygens (including phenoxy) is 1. The lowest BCUT2D eigenvalue weighted by molar-refractivity contribution is -0.152. The van der Waals surface area contributed by atoms with E-state index < -0.39 is 28.0 Å². The highest BCUT2D eigenvalue weighted by Gasteiger charge is 2.20. The highest BCUT2D eigenvalue weighted by atomic mass is 35.5. The molecule has 2 N–H and O–H groups in total. The average molecular weight is 461 g/mol. The standard InChI is InChI=1S/C22H21ClN2O5S/c1-15(22(27)25-20-9-5-4-8-19(20)23)30-21(26)12-13-24-31(28,29)18-11-10-16-6-2-3-7-17(16)14-18/h2-11,14-15,24H,12-13H2,1H3,(H,25,27). The summed E-state index contributed by atoms with van der Waals surface area (Å²) < 4.78 is 32.4. The average Bonchev–Trinajstić information content (AvgIpc) is 2.74. The van der Waals surface area contributed by atoms with Crippen LogP contribution in [0.5, 0.6) is 0 Å². The fourth-order valence-electron chi connectivity index (χ4n) is 2.81. The van der Waals surface area contributed by atoms with Gasteiger partial charge in [0.25, 0.3) is 5.91 Å². The second-order valence-electron chi connectivity index (χ2n) is 6.76. The first-order chi connectivity index (χ1) is 14.8. The number of para-hydroxylation sites is 1. The lowest BCUT2D eigenvalue weighted by atomic mass is 10.1. The molecule has 31 heavy (non-hydrogen) atoms. The van der Waals surface area contributed by atoms with Gasteiger partial charge in [-0.15, -0.1) is 0 Å². The summed E-state index contributed by atoms with van der Waals surface area (Å²) in [4.78, 5) is 24.3. The Morgan fingerprint density at radius 3 is 2.42 bits per heavy atom. The van der Waals surface area contributed by atoms with Crippen LogP contribution in [0.15, 0.2) is 71.6 Å². The SMILES string of the molecule is CC(OC(=O)CCNS(=O)(=O)c1ccc2ccccc2c1)C(=O)Nc1ccccc1Cl. The van der Waals surface area contributed by atoms with Crippen molar-refractivity contribution in [1.82, 2.24) is 4.72 Å². The molecule has 3 aromatic rings. The quantitative estimate of drug-likeness (QED) is 0.499. The van der Waals surface area contributed by atoms with Crippen LogP contribution in [0.3, 0.4) is 0 Å². The van der Waals surface area contributed by atoms with Crippen LogP contribution in [0.25, 0.3) is 10.8 Å². The van der Waals surface area contributed by atoms with Crippen molar-refractivity contribution in [3.63, 3.8) is 0 Å². The number of fused-ring (bicyclic) bond motifs is 1. The van der Waals surface area contributed by atoms with E-state index in [-0.39, 0.29) is 17.9 Å². The number of amides is 1. The van der Waals surface area contributed by atoms with E-state index in [2.05, 4.69) is 10.0 Å².